The van der Waals surface area contributed by atoms with E-state index in [1.54, 1.807) is 0 Å². The highest BCUT2D eigenvalue weighted by Crippen LogP contribution is 2.29. The van der Waals surface area contributed by atoms with Gasteiger partial charge in [0.05, 0.1) is 4.90 Å². The zero-order valence-corrected chi connectivity index (χ0v) is 15.4. The first-order chi connectivity index (χ1) is 12.3. The normalized spacial score (nSPS) is 20.6. The monoisotopic (exact) mass is 380 g/mol. The quantitative estimate of drug-likeness (QED) is 0.813. The average molecular weight is 380 g/mol. The topological polar surface area (TPSA) is 104 Å². The Morgan fingerprint density at radius 1 is 0.962 bits per heavy atom. The van der Waals surface area contributed by atoms with Crippen molar-refractivity contribution >= 4 is 21.9 Å². The summed E-state index contributed by atoms with van der Waals surface area (Å²) in [6, 6.07) is 5.71. The molecular formula is C18H24N2O5S. The number of carbonyl (C=O) groups is 2. The molecule has 1 heterocycles. The van der Waals surface area contributed by atoms with Crippen LogP contribution in [0.2, 0.25) is 0 Å². The summed E-state index contributed by atoms with van der Waals surface area (Å²) in [6.07, 6.45) is 5.03. The van der Waals surface area contributed by atoms with E-state index in [0.717, 1.165) is 32.1 Å². The van der Waals surface area contributed by atoms with Gasteiger partial charge in [0.15, 0.2) is 0 Å². The zero-order valence-electron chi connectivity index (χ0n) is 14.6. The van der Waals surface area contributed by atoms with Crippen LogP contribution >= 0.6 is 0 Å². The average Bonchev–Trinajstić information content (AvgIpc) is 3.18. The molecule has 8 heteroatoms. The van der Waals surface area contributed by atoms with E-state index in [9.17, 15) is 23.1 Å². The van der Waals surface area contributed by atoms with Crippen LogP contribution in [0, 0.1) is 0 Å². The first-order valence-corrected chi connectivity index (χ1v) is 10.5. The van der Waals surface area contributed by atoms with Gasteiger partial charge in [0.1, 0.15) is 5.54 Å². The standard InChI is InChI=1S/C18H24N2O5S/c21-16(19-18(17(22)23)10-2-1-3-11-18)14-6-8-15(9-7-14)26(24,25)20-12-4-5-13-20/h6-9H,1-5,10-13H2,(H,19,21)(H,22,23). The molecule has 1 aromatic carbocycles. The van der Waals surface area contributed by atoms with Crippen LogP contribution in [0.5, 0.6) is 0 Å². The fraction of sp³-hybridized carbons (Fsp3) is 0.556. The van der Waals surface area contributed by atoms with Crippen molar-refractivity contribution in [3.63, 3.8) is 0 Å². The van der Waals surface area contributed by atoms with E-state index in [2.05, 4.69) is 5.32 Å². The van der Waals surface area contributed by atoms with Gasteiger partial charge >= 0.3 is 5.97 Å². The molecule has 0 radical (unpaired) electrons. The lowest BCUT2D eigenvalue weighted by molar-refractivity contribution is -0.145. The van der Waals surface area contributed by atoms with Gasteiger partial charge in [0.2, 0.25) is 10.0 Å². The highest BCUT2D eigenvalue weighted by Gasteiger charge is 2.41. The molecule has 1 aliphatic heterocycles. The largest absolute Gasteiger partial charge is 0.480 e. The maximum atomic E-state index is 12.5. The molecular weight excluding hydrogens is 356 g/mol. The summed E-state index contributed by atoms with van der Waals surface area (Å²) in [7, 11) is -3.53. The molecule has 1 saturated heterocycles. The van der Waals surface area contributed by atoms with Crippen LogP contribution < -0.4 is 5.32 Å². The van der Waals surface area contributed by atoms with Gasteiger partial charge in [-0.25, -0.2) is 13.2 Å². The van der Waals surface area contributed by atoms with Crippen molar-refractivity contribution in [2.75, 3.05) is 13.1 Å². The van der Waals surface area contributed by atoms with E-state index in [-0.39, 0.29) is 10.5 Å². The smallest absolute Gasteiger partial charge is 0.329 e. The van der Waals surface area contributed by atoms with E-state index in [4.69, 9.17) is 0 Å². The van der Waals surface area contributed by atoms with Crippen LogP contribution in [0.1, 0.15) is 55.3 Å². The van der Waals surface area contributed by atoms with Gasteiger partial charge in [-0.15, -0.1) is 0 Å². The molecule has 7 nitrogen and oxygen atoms in total. The van der Waals surface area contributed by atoms with Gasteiger partial charge in [-0.05, 0) is 49.9 Å². The van der Waals surface area contributed by atoms with Gasteiger partial charge in [-0.2, -0.15) is 4.31 Å². The molecule has 1 aromatic rings. The van der Waals surface area contributed by atoms with Crippen LogP contribution in [0.15, 0.2) is 29.2 Å². The molecule has 1 aliphatic carbocycles. The summed E-state index contributed by atoms with van der Waals surface area (Å²) in [5.74, 6) is -1.50. The second kappa shape index (κ2) is 7.36. The number of hydrogen-bond acceptors (Lipinski definition) is 4. The van der Waals surface area contributed by atoms with Gasteiger partial charge in [-0.1, -0.05) is 19.3 Å². The number of aliphatic carboxylic acids is 1. The number of nitrogens with one attached hydrogen (secondary N) is 1. The van der Waals surface area contributed by atoms with E-state index in [1.165, 1.54) is 28.6 Å². The number of hydrogen-bond donors (Lipinski definition) is 2. The Morgan fingerprint density at radius 3 is 2.08 bits per heavy atom. The molecule has 2 fully saturated rings. The van der Waals surface area contributed by atoms with Crippen molar-refractivity contribution in [1.29, 1.82) is 0 Å². The molecule has 3 rings (SSSR count). The lowest BCUT2D eigenvalue weighted by Crippen LogP contribution is -2.55. The third-order valence-corrected chi connectivity index (χ3v) is 7.20. The number of carboxylic acids is 1. The van der Waals surface area contributed by atoms with Crippen LogP contribution in [0.4, 0.5) is 0 Å². The number of nitrogens with zero attached hydrogens (tertiary/aromatic N) is 1. The van der Waals surface area contributed by atoms with Crippen LogP contribution in [0.25, 0.3) is 0 Å². The minimum absolute atomic E-state index is 0.154. The van der Waals surface area contributed by atoms with Crippen LogP contribution in [0.3, 0.4) is 0 Å². The van der Waals surface area contributed by atoms with E-state index >= 15 is 0 Å². The fourth-order valence-corrected chi connectivity index (χ4v) is 5.21. The minimum Gasteiger partial charge on any atom is -0.480 e. The molecule has 142 valence electrons. The summed E-state index contributed by atoms with van der Waals surface area (Å²) < 4.78 is 26.5. The Labute approximate surface area is 153 Å². The predicted octanol–water partition coefficient (Wildman–Crippen LogP) is 1.99. The molecule has 0 bridgehead atoms. The second-order valence-corrected chi connectivity index (χ2v) is 8.98. The first kappa shape index (κ1) is 18.8. The van der Waals surface area contributed by atoms with Gasteiger partial charge in [0.25, 0.3) is 5.91 Å². The molecule has 2 aliphatic rings. The van der Waals surface area contributed by atoms with Crippen molar-refractivity contribution in [3.05, 3.63) is 29.8 Å². The lowest BCUT2D eigenvalue weighted by Gasteiger charge is -2.34. The molecule has 0 spiro atoms. The van der Waals surface area contributed by atoms with Crippen molar-refractivity contribution in [3.8, 4) is 0 Å². The Kier molecular flexibility index (Phi) is 5.34. The van der Waals surface area contributed by atoms with E-state index in [1.807, 2.05) is 0 Å². The SMILES string of the molecule is O=C(NC1(C(=O)O)CCCCC1)c1ccc(S(=O)(=O)N2CCCC2)cc1. The maximum Gasteiger partial charge on any atom is 0.329 e. The summed E-state index contributed by atoms with van der Waals surface area (Å²) in [5, 5.41) is 12.2. The van der Waals surface area contributed by atoms with Gasteiger partial charge < -0.3 is 10.4 Å². The highest BCUT2D eigenvalue weighted by molar-refractivity contribution is 7.89. The van der Waals surface area contributed by atoms with Crippen molar-refractivity contribution in [1.82, 2.24) is 9.62 Å². The second-order valence-electron chi connectivity index (χ2n) is 7.04. The number of amides is 1. The molecule has 1 amide bonds. The number of benzene rings is 1. The fourth-order valence-electron chi connectivity index (χ4n) is 3.69. The van der Waals surface area contributed by atoms with E-state index in [0.29, 0.717) is 25.9 Å². The first-order valence-electron chi connectivity index (χ1n) is 9.01. The third kappa shape index (κ3) is 3.61. The zero-order chi connectivity index (χ0) is 18.8. The summed E-state index contributed by atoms with van der Waals surface area (Å²) in [6.45, 7) is 1.04. The number of sulfonamides is 1. The Bertz CT molecular complexity index is 776. The molecule has 1 saturated carbocycles. The Hall–Kier alpha value is -1.93. The summed E-state index contributed by atoms with van der Waals surface area (Å²) in [5.41, 5.74) is -0.966. The number of rotatable bonds is 5. The summed E-state index contributed by atoms with van der Waals surface area (Å²) in [4.78, 5) is 24.3. The lowest BCUT2D eigenvalue weighted by atomic mass is 9.81. The van der Waals surface area contributed by atoms with Crippen molar-refractivity contribution in [2.45, 2.75) is 55.4 Å². The van der Waals surface area contributed by atoms with E-state index < -0.39 is 27.4 Å². The maximum absolute atomic E-state index is 12.5. The third-order valence-electron chi connectivity index (χ3n) is 5.29. The molecule has 0 unspecified atom stereocenters. The predicted molar refractivity (Wildman–Crippen MR) is 95.4 cm³/mol. The molecule has 2 N–H and O–H groups in total. The Morgan fingerprint density at radius 2 is 1.54 bits per heavy atom. The van der Waals surface area contributed by atoms with Crippen molar-refractivity contribution in [2.24, 2.45) is 0 Å². The number of carboxylic acid groups (broad SMARTS) is 1. The highest BCUT2D eigenvalue weighted by atomic mass is 32.2. The summed E-state index contributed by atoms with van der Waals surface area (Å²) >= 11 is 0. The number of carbonyl (C=O) groups excluding carboxylic acids is 1. The van der Waals surface area contributed by atoms with Crippen LogP contribution in [-0.4, -0.2) is 48.3 Å². The van der Waals surface area contributed by atoms with Crippen molar-refractivity contribution < 1.29 is 23.1 Å². The molecule has 0 aromatic heterocycles. The van der Waals surface area contributed by atoms with Crippen LogP contribution in [-0.2, 0) is 14.8 Å². The minimum atomic E-state index is -3.53. The molecule has 26 heavy (non-hydrogen) atoms. The van der Waals surface area contributed by atoms with Gasteiger partial charge in [0, 0.05) is 18.7 Å². The Balaban J connectivity index is 1.75. The van der Waals surface area contributed by atoms with Gasteiger partial charge in [-0.3, -0.25) is 4.79 Å². The molecule has 0 atom stereocenters.